The van der Waals surface area contributed by atoms with E-state index in [1.807, 2.05) is 4.90 Å². The van der Waals surface area contributed by atoms with Crippen molar-refractivity contribution in [3.05, 3.63) is 34.3 Å². The molecule has 3 amide bonds. The van der Waals surface area contributed by atoms with Crippen LogP contribution in [0, 0.1) is 0 Å². The Balaban J connectivity index is 1.50. The van der Waals surface area contributed by atoms with E-state index in [-0.39, 0.29) is 29.3 Å². The molecule has 0 aliphatic carbocycles. The maximum atomic E-state index is 12.7. The van der Waals surface area contributed by atoms with Crippen LogP contribution in [0.4, 0.5) is 4.79 Å². The lowest BCUT2D eigenvalue weighted by Crippen LogP contribution is -2.44. The molecule has 196 valence electrons. The van der Waals surface area contributed by atoms with Crippen LogP contribution in [0.2, 0.25) is 0 Å². The van der Waals surface area contributed by atoms with Crippen LogP contribution < -0.4 is 10.1 Å². The number of methoxy groups -OCH3 is 1. The second-order valence-corrected chi connectivity index (χ2v) is 12.8. The number of carbonyl (C=O) groups is 2. The topological polar surface area (TPSA) is 74.8 Å². The number of nitrogens with zero attached hydrogens (tertiary/aromatic N) is 3. The molecule has 8 heteroatoms. The van der Waals surface area contributed by atoms with Gasteiger partial charge in [-0.3, -0.25) is 4.79 Å². The number of carbonyl (C=O) groups excluding carboxylic acids is 2. The second kappa shape index (κ2) is 10.0. The molecule has 1 aromatic carbocycles. The molecule has 0 spiro atoms. The molecule has 3 heterocycles. The van der Waals surface area contributed by atoms with Gasteiger partial charge in [-0.05, 0) is 35.8 Å². The predicted molar refractivity (Wildman–Crippen MR) is 145 cm³/mol. The van der Waals surface area contributed by atoms with Gasteiger partial charge in [0.1, 0.15) is 17.3 Å². The van der Waals surface area contributed by atoms with E-state index in [1.54, 1.807) is 23.3 Å². The average Bonchev–Trinajstić information content (AvgIpc) is 3.46. The van der Waals surface area contributed by atoms with Gasteiger partial charge in [0.2, 0.25) is 5.91 Å². The number of piperidine rings is 1. The first-order valence-electron chi connectivity index (χ1n) is 12.9. The molecule has 2 aliphatic heterocycles. The van der Waals surface area contributed by atoms with E-state index in [9.17, 15) is 9.59 Å². The smallest absolute Gasteiger partial charge is 0.317 e. The summed E-state index contributed by atoms with van der Waals surface area (Å²) in [7, 11) is 1.76. The minimum atomic E-state index is -0.143. The molecule has 0 bridgehead atoms. The van der Waals surface area contributed by atoms with Crippen molar-refractivity contribution in [3.63, 3.8) is 0 Å². The van der Waals surface area contributed by atoms with Gasteiger partial charge in [0.25, 0.3) is 0 Å². The largest absolute Gasteiger partial charge is 0.496 e. The van der Waals surface area contributed by atoms with Gasteiger partial charge in [-0.25, -0.2) is 9.78 Å². The van der Waals surface area contributed by atoms with E-state index in [4.69, 9.17) is 9.72 Å². The van der Waals surface area contributed by atoms with Crippen molar-refractivity contribution in [2.24, 2.45) is 0 Å². The third kappa shape index (κ3) is 5.53. The van der Waals surface area contributed by atoms with Crippen LogP contribution in [0.15, 0.2) is 17.5 Å². The first-order valence-corrected chi connectivity index (χ1v) is 13.8. The molecular formula is C28H40N4O3S. The third-order valence-corrected chi connectivity index (χ3v) is 8.12. The van der Waals surface area contributed by atoms with Gasteiger partial charge < -0.3 is 19.9 Å². The number of amides is 3. The number of urea groups is 1. The van der Waals surface area contributed by atoms with Crippen LogP contribution >= 0.6 is 11.3 Å². The molecular weight excluding hydrogens is 472 g/mol. The van der Waals surface area contributed by atoms with Gasteiger partial charge >= 0.3 is 6.03 Å². The number of likely N-dealkylation sites (tertiary alicyclic amines) is 1. The van der Waals surface area contributed by atoms with E-state index in [2.05, 4.69) is 64.4 Å². The second-order valence-electron chi connectivity index (χ2n) is 12.0. The van der Waals surface area contributed by atoms with Crippen molar-refractivity contribution in [1.29, 1.82) is 0 Å². The van der Waals surface area contributed by atoms with Crippen LogP contribution in [0.1, 0.15) is 77.1 Å². The van der Waals surface area contributed by atoms with Crippen molar-refractivity contribution in [2.45, 2.75) is 71.1 Å². The monoisotopic (exact) mass is 512 g/mol. The van der Waals surface area contributed by atoms with Crippen LogP contribution in [0.5, 0.6) is 5.75 Å². The molecule has 7 nitrogen and oxygen atoms in total. The molecule has 1 aromatic heterocycles. The fourth-order valence-corrected chi connectivity index (χ4v) is 5.93. The molecule has 0 unspecified atom stereocenters. The number of aromatic nitrogens is 1. The summed E-state index contributed by atoms with van der Waals surface area (Å²) < 4.78 is 5.92. The Labute approximate surface area is 219 Å². The standard InChI is InChI=1S/C28H40N4O3S/c1-27(2,3)20-14-19(15-21(24(20)35-7)28(4,5)6)25-30-22(17-36-25)18-8-11-31(12-9-18)23(33)16-32-13-10-29-26(32)34/h14-15,17-18H,8-13,16H2,1-7H3,(H,29,34). The lowest BCUT2D eigenvalue weighted by molar-refractivity contribution is -0.132. The van der Waals surface area contributed by atoms with Crippen LogP contribution in [-0.2, 0) is 15.6 Å². The summed E-state index contributed by atoms with van der Waals surface area (Å²) in [5.74, 6) is 1.35. The van der Waals surface area contributed by atoms with E-state index in [0.717, 1.165) is 34.9 Å². The quantitative estimate of drug-likeness (QED) is 0.602. The third-order valence-electron chi connectivity index (χ3n) is 7.22. The molecule has 0 saturated carbocycles. The summed E-state index contributed by atoms with van der Waals surface area (Å²) in [5.41, 5.74) is 4.53. The molecule has 2 fully saturated rings. The molecule has 2 saturated heterocycles. The summed E-state index contributed by atoms with van der Waals surface area (Å²) in [4.78, 5) is 33.0. The lowest BCUT2D eigenvalue weighted by atomic mass is 9.78. The van der Waals surface area contributed by atoms with E-state index >= 15 is 0 Å². The molecule has 1 N–H and O–H groups in total. The zero-order chi connectivity index (χ0) is 26.3. The number of nitrogens with one attached hydrogen (secondary N) is 1. The fourth-order valence-electron chi connectivity index (χ4n) is 5.04. The molecule has 0 atom stereocenters. The first-order chi connectivity index (χ1) is 16.9. The van der Waals surface area contributed by atoms with Crippen molar-refractivity contribution in [2.75, 3.05) is 39.8 Å². The Bertz CT molecular complexity index is 1090. The normalized spacial score (nSPS) is 17.5. The van der Waals surface area contributed by atoms with Gasteiger partial charge in [-0.15, -0.1) is 11.3 Å². The van der Waals surface area contributed by atoms with Gasteiger partial charge in [-0.2, -0.15) is 0 Å². The highest BCUT2D eigenvalue weighted by atomic mass is 32.1. The Morgan fingerprint density at radius 1 is 1.08 bits per heavy atom. The first kappa shape index (κ1) is 26.5. The molecule has 4 rings (SSSR count). The number of hydrogen-bond donors (Lipinski definition) is 1. The van der Waals surface area contributed by atoms with Gasteiger partial charge in [0.15, 0.2) is 0 Å². The van der Waals surface area contributed by atoms with Gasteiger partial charge in [0.05, 0.1) is 12.8 Å². The van der Waals surface area contributed by atoms with Gasteiger partial charge in [-0.1, -0.05) is 41.5 Å². The summed E-state index contributed by atoms with van der Waals surface area (Å²) in [6.45, 7) is 16.1. The average molecular weight is 513 g/mol. The van der Waals surface area contributed by atoms with Crippen molar-refractivity contribution in [1.82, 2.24) is 20.1 Å². The molecule has 36 heavy (non-hydrogen) atoms. The minimum Gasteiger partial charge on any atom is -0.496 e. The Kier molecular flexibility index (Phi) is 7.37. The number of benzene rings is 1. The van der Waals surface area contributed by atoms with E-state index < -0.39 is 0 Å². The van der Waals surface area contributed by atoms with Crippen LogP contribution in [-0.4, -0.2) is 66.6 Å². The number of ether oxygens (including phenoxy) is 1. The lowest BCUT2D eigenvalue weighted by Gasteiger charge is -2.32. The Morgan fingerprint density at radius 3 is 2.19 bits per heavy atom. The summed E-state index contributed by atoms with van der Waals surface area (Å²) >= 11 is 1.69. The van der Waals surface area contributed by atoms with Crippen molar-refractivity contribution < 1.29 is 14.3 Å². The maximum absolute atomic E-state index is 12.7. The number of thiazole rings is 1. The van der Waals surface area contributed by atoms with Crippen LogP contribution in [0.25, 0.3) is 10.6 Å². The highest BCUT2D eigenvalue weighted by molar-refractivity contribution is 7.13. The maximum Gasteiger partial charge on any atom is 0.317 e. The summed E-state index contributed by atoms with van der Waals surface area (Å²) in [6.07, 6.45) is 1.79. The Morgan fingerprint density at radius 2 is 1.69 bits per heavy atom. The van der Waals surface area contributed by atoms with Crippen molar-refractivity contribution >= 4 is 23.3 Å². The SMILES string of the molecule is COc1c(C(C)(C)C)cc(-c2nc(C3CCN(C(=O)CN4CCNC4=O)CC3)cs2)cc1C(C)(C)C. The highest BCUT2D eigenvalue weighted by Gasteiger charge is 2.30. The molecule has 0 radical (unpaired) electrons. The van der Waals surface area contributed by atoms with E-state index in [1.165, 1.54) is 11.1 Å². The number of hydrogen-bond acceptors (Lipinski definition) is 5. The molecule has 2 aliphatic rings. The van der Waals surface area contributed by atoms with E-state index in [0.29, 0.717) is 32.1 Å². The molecule has 2 aromatic rings. The fraction of sp³-hybridized carbons (Fsp3) is 0.607. The summed E-state index contributed by atoms with van der Waals surface area (Å²) in [6, 6.07) is 4.34. The van der Waals surface area contributed by atoms with Gasteiger partial charge in [0, 0.05) is 54.2 Å². The van der Waals surface area contributed by atoms with Crippen molar-refractivity contribution in [3.8, 4) is 16.3 Å². The zero-order valence-corrected chi connectivity index (χ0v) is 23.6. The Hall–Kier alpha value is -2.61. The zero-order valence-electron chi connectivity index (χ0n) is 22.7. The predicted octanol–water partition coefficient (Wildman–Crippen LogP) is 5.14. The number of rotatable bonds is 5. The highest BCUT2D eigenvalue weighted by Crippen LogP contribution is 2.43. The summed E-state index contributed by atoms with van der Waals surface area (Å²) in [5, 5.41) is 5.97. The van der Waals surface area contributed by atoms with Crippen LogP contribution in [0.3, 0.4) is 0 Å². The minimum absolute atomic E-state index is 0.0344.